The number of carbonyl (C=O) groups is 1. The molecule has 1 heterocycles. The fourth-order valence-corrected chi connectivity index (χ4v) is 3.19. The van der Waals surface area contributed by atoms with Crippen LogP contribution in [0.25, 0.3) is 11.0 Å². The van der Waals surface area contributed by atoms with Crippen molar-refractivity contribution in [2.24, 2.45) is 0 Å². The molecule has 0 aliphatic carbocycles. The van der Waals surface area contributed by atoms with E-state index in [-0.39, 0.29) is 12.2 Å². The lowest BCUT2D eigenvalue weighted by atomic mass is 10.1. The number of esters is 1. The summed E-state index contributed by atoms with van der Waals surface area (Å²) in [5.74, 6) is 0.690. The number of benzene rings is 2. The number of aryl methyl sites for hydroxylation is 1. The molecule has 0 saturated heterocycles. The minimum atomic E-state index is -0.571. The third-order valence-corrected chi connectivity index (χ3v) is 4.49. The summed E-state index contributed by atoms with van der Waals surface area (Å²) < 4.78 is 27.7. The molecule has 3 aromatic rings. The van der Waals surface area contributed by atoms with Gasteiger partial charge in [-0.2, -0.15) is 0 Å². The van der Waals surface area contributed by atoms with Crippen molar-refractivity contribution in [1.29, 1.82) is 0 Å². The van der Waals surface area contributed by atoms with Crippen molar-refractivity contribution in [2.45, 2.75) is 34.3 Å². The Balaban J connectivity index is 1.90. The lowest BCUT2D eigenvalue weighted by molar-refractivity contribution is 0.0472. The van der Waals surface area contributed by atoms with Gasteiger partial charge in [0, 0.05) is 17.0 Å². The zero-order chi connectivity index (χ0) is 22.4. The van der Waals surface area contributed by atoms with Gasteiger partial charge in [0.15, 0.2) is 11.5 Å². The number of hydrogen-bond donors (Lipinski definition) is 0. The lowest BCUT2D eigenvalue weighted by Crippen LogP contribution is -2.10. The average molecular weight is 426 g/mol. The first-order valence-electron chi connectivity index (χ1n) is 10.2. The summed E-state index contributed by atoms with van der Waals surface area (Å²) in [6, 6.07) is 9.99. The third kappa shape index (κ3) is 5.17. The van der Waals surface area contributed by atoms with Crippen LogP contribution in [-0.4, -0.2) is 25.8 Å². The van der Waals surface area contributed by atoms with Gasteiger partial charge < -0.3 is 23.4 Å². The molecule has 0 atom stereocenters. The van der Waals surface area contributed by atoms with Gasteiger partial charge in [-0.25, -0.2) is 9.59 Å². The normalized spacial score (nSPS) is 10.7. The molecule has 0 saturated carbocycles. The summed E-state index contributed by atoms with van der Waals surface area (Å²) in [7, 11) is 0. The van der Waals surface area contributed by atoms with Crippen LogP contribution in [-0.2, 0) is 11.3 Å². The summed E-state index contributed by atoms with van der Waals surface area (Å²) in [4.78, 5) is 24.7. The maximum absolute atomic E-state index is 12.8. The maximum Gasteiger partial charge on any atom is 0.338 e. The summed E-state index contributed by atoms with van der Waals surface area (Å²) >= 11 is 0. The monoisotopic (exact) mass is 426 g/mol. The highest BCUT2D eigenvalue weighted by molar-refractivity contribution is 5.91. The van der Waals surface area contributed by atoms with Gasteiger partial charge in [-0.15, -0.1) is 0 Å². The van der Waals surface area contributed by atoms with Gasteiger partial charge in [-0.05, 0) is 51.5 Å². The van der Waals surface area contributed by atoms with Gasteiger partial charge >= 0.3 is 11.6 Å². The highest BCUT2D eigenvalue weighted by Gasteiger charge is 2.19. The van der Waals surface area contributed by atoms with Crippen LogP contribution < -0.4 is 19.8 Å². The zero-order valence-corrected chi connectivity index (χ0v) is 18.2. The summed E-state index contributed by atoms with van der Waals surface area (Å²) in [6.07, 6.45) is 0. The van der Waals surface area contributed by atoms with Gasteiger partial charge in [0.1, 0.15) is 12.2 Å². The van der Waals surface area contributed by atoms with Crippen LogP contribution >= 0.6 is 0 Å². The van der Waals surface area contributed by atoms with Gasteiger partial charge in [-0.1, -0.05) is 12.1 Å². The fraction of sp³-hybridized carbons (Fsp3) is 0.333. The molecule has 0 fully saturated rings. The van der Waals surface area contributed by atoms with Crippen molar-refractivity contribution >= 4 is 16.9 Å². The molecule has 0 amide bonds. The standard InChI is InChI=1S/C24H26O7/c1-5-27-20-11-16(12-21(28-6-2)23(20)29-7-3)24(26)30-14-17-13-22(25)31-19-10-15(4)8-9-18(17)19/h8-13H,5-7,14H2,1-4H3. The molecule has 7 heteroatoms. The van der Waals surface area contributed by atoms with Gasteiger partial charge in [0.25, 0.3) is 0 Å². The molecule has 0 N–H and O–H groups in total. The van der Waals surface area contributed by atoms with Crippen molar-refractivity contribution in [2.75, 3.05) is 19.8 Å². The summed E-state index contributed by atoms with van der Waals surface area (Å²) in [5.41, 5.74) is 1.75. The van der Waals surface area contributed by atoms with Crippen LogP contribution in [0.15, 0.2) is 45.6 Å². The Bertz CT molecular complexity index is 1100. The molecule has 164 valence electrons. The average Bonchev–Trinajstić information content (AvgIpc) is 2.73. The quantitative estimate of drug-likeness (QED) is 0.364. The van der Waals surface area contributed by atoms with Crippen LogP contribution in [0.2, 0.25) is 0 Å². The first-order chi connectivity index (χ1) is 15.0. The van der Waals surface area contributed by atoms with E-state index in [1.165, 1.54) is 6.07 Å². The van der Waals surface area contributed by atoms with Crippen molar-refractivity contribution in [3.63, 3.8) is 0 Å². The SMILES string of the molecule is CCOc1cc(C(=O)OCc2cc(=O)oc3cc(C)ccc23)cc(OCC)c1OCC. The van der Waals surface area contributed by atoms with Crippen LogP contribution in [0.3, 0.4) is 0 Å². The molecule has 7 nitrogen and oxygen atoms in total. The van der Waals surface area contributed by atoms with E-state index in [9.17, 15) is 9.59 Å². The molecule has 31 heavy (non-hydrogen) atoms. The van der Waals surface area contributed by atoms with E-state index < -0.39 is 11.6 Å². The molecule has 0 aliphatic heterocycles. The Morgan fingerprint density at radius 1 is 0.903 bits per heavy atom. The Labute approximate surface area is 180 Å². The van der Waals surface area contributed by atoms with Crippen molar-refractivity contribution in [3.8, 4) is 17.2 Å². The smallest absolute Gasteiger partial charge is 0.338 e. The number of rotatable bonds is 9. The van der Waals surface area contributed by atoms with E-state index in [4.69, 9.17) is 23.4 Å². The number of ether oxygens (including phenoxy) is 4. The Kier molecular flexibility index (Phi) is 7.18. The van der Waals surface area contributed by atoms with Crippen LogP contribution in [0, 0.1) is 6.92 Å². The van der Waals surface area contributed by atoms with Gasteiger partial charge in [0.2, 0.25) is 5.75 Å². The summed E-state index contributed by atoms with van der Waals surface area (Å²) in [5, 5.41) is 0.717. The molecular weight excluding hydrogens is 400 g/mol. The van der Waals surface area contributed by atoms with Crippen molar-refractivity contribution < 1.29 is 28.2 Å². The number of hydrogen-bond acceptors (Lipinski definition) is 7. The molecule has 0 bridgehead atoms. The first kappa shape index (κ1) is 22.2. The summed E-state index contributed by atoms with van der Waals surface area (Å²) in [6.45, 7) is 8.59. The minimum Gasteiger partial charge on any atom is -0.490 e. The Morgan fingerprint density at radius 3 is 2.16 bits per heavy atom. The third-order valence-electron chi connectivity index (χ3n) is 4.49. The predicted octanol–water partition coefficient (Wildman–Crippen LogP) is 4.65. The first-order valence-corrected chi connectivity index (χ1v) is 10.2. The van der Waals surface area contributed by atoms with Crippen LogP contribution in [0.4, 0.5) is 0 Å². The Hall–Kier alpha value is -3.48. The highest BCUT2D eigenvalue weighted by Crippen LogP contribution is 2.39. The van der Waals surface area contributed by atoms with E-state index in [1.807, 2.05) is 39.8 Å². The second-order valence-electron chi connectivity index (χ2n) is 6.77. The molecule has 3 rings (SSSR count). The number of fused-ring (bicyclic) bond motifs is 1. The molecular formula is C24H26O7. The maximum atomic E-state index is 12.8. The minimum absolute atomic E-state index is 0.0782. The topological polar surface area (TPSA) is 84.2 Å². The van der Waals surface area contributed by atoms with E-state index >= 15 is 0 Å². The van der Waals surface area contributed by atoms with Crippen LogP contribution in [0.5, 0.6) is 17.2 Å². The van der Waals surface area contributed by atoms with E-state index in [0.29, 0.717) is 48.2 Å². The molecule has 1 aromatic heterocycles. The predicted molar refractivity (Wildman–Crippen MR) is 116 cm³/mol. The Morgan fingerprint density at radius 2 is 1.55 bits per heavy atom. The zero-order valence-electron chi connectivity index (χ0n) is 18.2. The van der Waals surface area contributed by atoms with E-state index in [0.717, 1.165) is 10.9 Å². The van der Waals surface area contributed by atoms with E-state index in [1.54, 1.807) is 18.2 Å². The van der Waals surface area contributed by atoms with Crippen LogP contribution in [0.1, 0.15) is 42.3 Å². The van der Waals surface area contributed by atoms with E-state index in [2.05, 4.69) is 0 Å². The second-order valence-corrected chi connectivity index (χ2v) is 6.77. The van der Waals surface area contributed by atoms with Crippen molar-refractivity contribution in [1.82, 2.24) is 0 Å². The lowest BCUT2D eigenvalue weighted by Gasteiger charge is -2.17. The number of carbonyl (C=O) groups excluding carboxylic acids is 1. The van der Waals surface area contributed by atoms with Gasteiger partial charge in [-0.3, -0.25) is 0 Å². The fourth-order valence-electron chi connectivity index (χ4n) is 3.19. The molecule has 0 unspecified atom stereocenters. The molecule has 0 spiro atoms. The molecule has 0 aliphatic rings. The molecule has 0 radical (unpaired) electrons. The van der Waals surface area contributed by atoms with Crippen molar-refractivity contribution in [3.05, 3.63) is 63.5 Å². The largest absolute Gasteiger partial charge is 0.490 e. The molecule has 2 aromatic carbocycles. The second kappa shape index (κ2) is 10.0. The van der Waals surface area contributed by atoms with Gasteiger partial charge in [0.05, 0.1) is 25.4 Å². The highest BCUT2D eigenvalue weighted by atomic mass is 16.5.